The summed E-state index contributed by atoms with van der Waals surface area (Å²) in [5.41, 5.74) is 5.35. The van der Waals surface area contributed by atoms with Crippen LogP contribution >= 0.6 is 7.82 Å². The number of phosphoric acid groups is 1. The van der Waals surface area contributed by atoms with E-state index in [4.69, 9.17) is 14.8 Å². The van der Waals surface area contributed by atoms with Gasteiger partial charge < -0.3 is 21.1 Å². The van der Waals surface area contributed by atoms with E-state index in [9.17, 15) is 19.4 Å². The second-order valence-electron chi connectivity index (χ2n) is 13.2. The number of nitrogens with one attached hydrogen (secondary N) is 1. The molecular formula is C36H75N2O6P. The minimum Gasteiger partial charge on any atom is -0.391 e. The maximum atomic E-state index is 12.6. The molecule has 0 radical (unpaired) electrons. The summed E-state index contributed by atoms with van der Waals surface area (Å²) >= 11 is 0. The molecular weight excluding hydrogens is 587 g/mol. The van der Waals surface area contributed by atoms with E-state index < -0.39 is 20.0 Å². The van der Waals surface area contributed by atoms with Crippen LogP contribution in [-0.2, 0) is 18.4 Å². The van der Waals surface area contributed by atoms with Crippen molar-refractivity contribution < 1.29 is 28.4 Å². The lowest BCUT2D eigenvalue weighted by Crippen LogP contribution is -2.46. The molecule has 0 aromatic carbocycles. The Labute approximate surface area is 278 Å². The first-order chi connectivity index (χ1) is 21.9. The van der Waals surface area contributed by atoms with Gasteiger partial charge in [-0.25, -0.2) is 4.57 Å². The van der Waals surface area contributed by atoms with E-state index in [1.807, 2.05) is 0 Å². The topological polar surface area (TPSA) is 131 Å². The van der Waals surface area contributed by atoms with Gasteiger partial charge >= 0.3 is 7.82 Å². The second kappa shape index (κ2) is 33.4. The summed E-state index contributed by atoms with van der Waals surface area (Å²) in [6.45, 7) is 4.19. The average Bonchev–Trinajstić information content (AvgIpc) is 3.02. The fourth-order valence-electron chi connectivity index (χ4n) is 5.78. The highest BCUT2D eigenvalue weighted by atomic mass is 31.2. The molecule has 8 nitrogen and oxygen atoms in total. The van der Waals surface area contributed by atoms with E-state index >= 15 is 0 Å². The van der Waals surface area contributed by atoms with Crippen molar-refractivity contribution in [2.24, 2.45) is 5.73 Å². The Morgan fingerprint density at radius 3 is 1.42 bits per heavy atom. The molecule has 270 valence electrons. The van der Waals surface area contributed by atoms with Gasteiger partial charge in [0.05, 0.1) is 25.4 Å². The normalized spacial score (nSPS) is 14.3. The number of nitrogens with two attached hydrogens (primary N) is 1. The molecule has 5 N–H and O–H groups in total. The first-order valence-electron chi connectivity index (χ1n) is 19.2. The van der Waals surface area contributed by atoms with Gasteiger partial charge in [0, 0.05) is 13.0 Å². The summed E-state index contributed by atoms with van der Waals surface area (Å²) in [7, 11) is -4.30. The summed E-state index contributed by atoms with van der Waals surface area (Å²) in [6.07, 6.45) is 32.5. The quantitative estimate of drug-likeness (QED) is 0.0388. The molecule has 1 unspecified atom stereocenters. The van der Waals surface area contributed by atoms with Crippen LogP contribution in [0.2, 0.25) is 0 Å². The second-order valence-corrected chi connectivity index (χ2v) is 14.6. The van der Waals surface area contributed by atoms with Crippen molar-refractivity contribution in [1.29, 1.82) is 0 Å². The predicted molar refractivity (Wildman–Crippen MR) is 189 cm³/mol. The smallest absolute Gasteiger partial charge is 0.391 e. The van der Waals surface area contributed by atoms with Crippen LogP contribution < -0.4 is 11.1 Å². The Morgan fingerprint density at radius 1 is 0.644 bits per heavy atom. The number of aliphatic hydroxyl groups excluding tert-OH is 1. The van der Waals surface area contributed by atoms with E-state index in [1.54, 1.807) is 0 Å². The standard InChI is InChI=1S/C36H75N2O6P/c1-3-5-7-9-11-13-14-15-16-17-18-19-20-22-23-25-27-29-35(39)34(33-44-45(41,42)43-32-31-37)38-36(40)30-28-26-24-21-12-10-8-6-4-2/h34-35,39H,3-33,37H2,1-2H3,(H,38,40)(H,41,42)/t34-,35+/m0/s1. The molecule has 1 amide bonds. The summed E-state index contributed by atoms with van der Waals surface area (Å²) in [5, 5.41) is 13.7. The lowest BCUT2D eigenvalue weighted by molar-refractivity contribution is -0.123. The summed E-state index contributed by atoms with van der Waals surface area (Å²) in [5.74, 6) is -0.163. The largest absolute Gasteiger partial charge is 0.472 e. The highest BCUT2D eigenvalue weighted by molar-refractivity contribution is 7.47. The third-order valence-corrected chi connectivity index (χ3v) is 9.70. The third kappa shape index (κ3) is 31.8. The monoisotopic (exact) mass is 663 g/mol. The zero-order valence-electron chi connectivity index (χ0n) is 29.6. The maximum Gasteiger partial charge on any atom is 0.472 e. The molecule has 0 heterocycles. The van der Waals surface area contributed by atoms with Gasteiger partial charge in [0.15, 0.2) is 0 Å². The molecule has 0 aliphatic rings. The van der Waals surface area contributed by atoms with Crippen LogP contribution in [0.3, 0.4) is 0 Å². The van der Waals surface area contributed by atoms with Crippen molar-refractivity contribution in [2.75, 3.05) is 19.8 Å². The molecule has 0 spiro atoms. The van der Waals surface area contributed by atoms with Crippen molar-refractivity contribution in [2.45, 2.75) is 206 Å². The molecule has 0 saturated heterocycles. The Morgan fingerprint density at radius 2 is 1.02 bits per heavy atom. The van der Waals surface area contributed by atoms with Gasteiger partial charge in [-0.1, -0.05) is 174 Å². The predicted octanol–water partition coefficient (Wildman–Crippen LogP) is 9.89. The van der Waals surface area contributed by atoms with Gasteiger partial charge in [-0.3, -0.25) is 13.8 Å². The molecule has 0 rings (SSSR count). The molecule has 0 aliphatic heterocycles. The number of aliphatic hydroxyl groups is 1. The van der Waals surface area contributed by atoms with E-state index in [0.717, 1.165) is 38.5 Å². The first kappa shape index (κ1) is 44.5. The van der Waals surface area contributed by atoms with Gasteiger partial charge in [0.25, 0.3) is 0 Å². The molecule has 3 atom stereocenters. The molecule has 9 heteroatoms. The van der Waals surface area contributed by atoms with Crippen LogP contribution in [0, 0.1) is 0 Å². The third-order valence-electron chi connectivity index (χ3n) is 8.71. The number of rotatable bonds is 36. The van der Waals surface area contributed by atoms with Crippen LogP contribution in [0.15, 0.2) is 0 Å². The van der Waals surface area contributed by atoms with Crippen LogP contribution in [0.1, 0.15) is 194 Å². The van der Waals surface area contributed by atoms with Gasteiger partial charge in [0.1, 0.15) is 0 Å². The van der Waals surface area contributed by atoms with Gasteiger partial charge in [-0.05, 0) is 12.8 Å². The lowest BCUT2D eigenvalue weighted by atomic mass is 10.0. The minimum atomic E-state index is -4.30. The van der Waals surface area contributed by atoms with Crippen LogP contribution in [0.25, 0.3) is 0 Å². The summed E-state index contributed by atoms with van der Waals surface area (Å²) in [6, 6.07) is -0.765. The van der Waals surface area contributed by atoms with Crippen molar-refractivity contribution in [3.05, 3.63) is 0 Å². The molecule has 0 aliphatic carbocycles. The van der Waals surface area contributed by atoms with Crippen LogP contribution in [-0.4, -0.2) is 47.8 Å². The first-order valence-corrected chi connectivity index (χ1v) is 20.6. The summed E-state index contributed by atoms with van der Waals surface area (Å²) in [4.78, 5) is 22.5. The number of carbonyl (C=O) groups excluding carboxylic acids is 1. The average molecular weight is 663 g/mol. The fourth-order valence-corrected chi connectivity index (χ4v) is 6.54. The number of carbonyl (C=O) groups is 1. The molecule has 0 fully saturated rings. The SMILES string of the molecule is CCCCCCCCCCCCCCCCCCC[C@@H](O)[C@H](COP(=O)(O)OCCN)NC(=O)CCCCCCCCCCC. The van der Waals surface area contributed by atoms with Gasteiger partial charge in [-0.15, -0.1) is 0 Å². The minimum absolute atomic E-state index is 0.0920. The highest BCUT2D eigenvalue weighted by Crippen LogP contribution is 2.43. The van der Waals surface area contributed by atoms with E-state index in [0.29, 0.717) is 12.8 Å². The van der Waals surface area contributed by atoms with Crippen molar-refractivity contribution in [3.8, 4) is 0 Å². The van der Waals surface area contributed by atoms with E-state index in [2.05, 4.69) is 19.2 Å². The fraction of sp³-hybridized carbons (Fsp3) is 0.972. The van der Waals surface area contributed by atoms with Gasteiger partial charge in [0.2, 0.25) is 5.91 Å². The maximum absolute atomic E-state index is 12.6. The van der Waals surface area contributed by atoms with E-state index in [1.165, 1.54) is 128 Å². The molecule has 45 heavy (non-hydrogen) atoms. The lowest BCUT2D eigenvalue weighted by Gasteiger charge is -2.25. The number of hydrogen-bond donors (Lipinski definition) is 4. The Hall–Kier alpha value is -0.500. The number of hydrogen-bond acceptors (Lipinski definition) is 6. The number of phosphoric ester groups is 1. The van der Waals surface area contributed by atoms with Gasteiger partial charge in [-0.2, -0.15) is 0 Å². The molecule has 0 saturated carbocycles. The van der Waals surface area contributed by atoms with Crippen molar-refractivity contribution in [3.63, 3.8) is 0 Å². The number of unbranched alkanes of at least 4 members (excludes halogenated alkanes) is 24. The Bertz CT molecular complexity index is 684. The molecule has 0 bridgehead atoms. The van der Waals surface area contributed by atoms with Crippen LogP contribution in [0.5, 0.6) is 0 Å². The molecule has 0 aromatic heterocycles. The Balaban J connectivity index is 4.15. The Kier molecular flexibility index (Phi) is 33.0. The molecule has 0 aromatic rings. The van der Waals surface area contributed by atoms with Crippen molar-refractivity contribution in [1.82, 2.24) is 5.32 Å². The summed E-state index contributed by atoms with van der Waals surface area (Å²) < 4.78 is 22.1. The zero-order chi connectivity index (χ0) is 33.3. The highest BCUT2D eigenvalue weighted by Gasteiger charge is 2.27. The van der Waals surface area contributed by atoms with Crippen molar-refractivity contribution >= 4 is 13.7 Å². The van der Waals surface area contributed by atoms with E-state index in [-0.39, 0.29) is 25.7 Å². The number of amides is 1. The zero-order valence-corrected chi connectivity index (χ0v) is 30.5. The van der Waals surface area contributed by atoms with Crippen LogP contribution in [0.4, 0.5) is 0 Å².